The summed E-state index contributed by atoms with van der Waals surface area (Å²) in [7, 11) is 0. The zero-order valence-corrected chi connectivity index (χ0v) is 9.23. The molecule has 1 amide bonds. The molecule has 0 atom stereocenters. The minimum absolute atomic E-state index is 0.184. The summed E-state index contributed by atoms with van der Waals surface area (Å²) >= 11 is 0. The Labute approximate surface area is 104 Å². The molecule has 0 fully saturated rings. The van der Waals surface area contributed by atoms with Crippen molar-refractivity contribution in [3.63, 3.8) is 0 Å². The van der Waals surface area contributed by atoms with E-state index in [1.807, 2.05) is 0 Å². The van der Waals surface area contributed by atoms with Gasteiger partial charge < -0.3 is 15.6 Å². The number of alkyl halides is 3. The number of amides is 1. The molecule has 0 saturated heterocycles. The molecule has 0 bridgehead atoms. The molecule has 0 saturated carbocycles. The fourth-order valence-electron chi connectivity index (χ4n) is 1.52. The Kier molecular flexibility index (Phi) is 2.93. The van der Waals surface area contributed by atoms with Crippen LogP contribution >= 0.6 is 0 Å². The lowest BCUT2D eigenvalue weighted by Crippen LogP contribution is -2.17. The number of hydrogen-bond acceptors (Lipinski definition) is 4. The first kappa shape index (κ1) is 12.9. The molecule has 3 N–H and O–H groups in total. The first-order chi connectivity index (χ1) is 8.76. The van der Waals surface area contributed by atoms with Gasteiger partial charge in [-0.15, -0.1) is 13.2 Å². The summed E-state index contributed by atoms with van der Waals surface area (Å²) in [6, 6.07) is 4.40. The molecule has 0 radical (unpaired) electrons. The monoisotopic (exact) mass is 272 g/mol. The summed E-state index contributed by atoms with van der Waals surface area (Å²) < 4.78 is 39.9. The van der Waals surface area contributed by atoms with Gasteiger partial charge in [-0.25, -0.2) is 4.98 Å². The lowest BCUT2D eigenvalue weighted by atomic mass is 10.1. The van der Waals surface area contributed by atoms with Crippen LogP contribution in [0.3, 0.4) is 0 Å². The Morgan fingerprint density at radius 1 is 1.32 bits per heavy atom. The van der Waals surface area contributed by atoms with Gasteiger partial charge in [0.25, 0.3) is 5.91 Å². The summed E-state index contributed by atoms with van der Waals surface area (Å²) in [6.07, 6.45) is -4.81. The molecule has 2 aromatic rings. The number of carbonyl (C=O) groups excluding carboxylic acids is 1. The number of aromatic nitrogens is 1. The SMILES string of the molecule is NC(=O)c1nc2ccc(OC(F)(F)F)cc2cc1O. The molecule has 5 nitrogen and oxygen atoms in total. The molecule has 0 aliphatic carbocycles. The van der Waals surface area contributed by atoms with E-state index in [0.29, 0.717) is 0 Å². The summed E-state index contributed by atoms with van der Waals surface area (Å²) in [4.78, 5) is 14.7. The molecule has 0 aliphatic heterocycles. The van der Waals surface area contributed by atoms with E-state index >= 15 is 0 Å². The van der Waals surface area contributed by atoms with Crippen LogP contribution in [0.2, 0.25) is 0 Å². The number of primary amides is 1. The van der Waals surface area contributed by atoms with Crippen LogP contribution in [0, 0.1) is 0 Å². The number of hydrogen-bond donors (Lipinski definition) is 2. The Morgan fingerprint density at radius 3 is 2.58 bits per heavy atom. The van der Waals surface area contributed by atoms with E-state index in [1.54, 1.807) is 0 Å². The van der Waals surface area contributed by atoms with Crippen molar-refractivity contribution in [1.82, 2.24) is 4.98 Å². The van der Waals surface area contributed by atoms with Gasteiger partial charge in [-0.3, -0.25) is 4.79 Å². The van der Waals surface area contributed by atoms with Crippen molar-refractivity contribution in [2.24, 2.45) is 5.73 Å². The Morgan fingerprint density at radius 2 is 2.00 bits per heavy atom. The third kappa shape index (κ3) is 2.84. The maximum absolute atomic E-state index is 12.0. The summed E-state index contributed by atoms with van der Waals surface area (Å²) in [5.41, 5.74) is 4.84. The van der Waals surface area contributed by atoms with E-state index in [4.69, 9.17) is 5.73 Å². The number of nitrogens with zero attached hydrogens (tertiary/aromatic N) is 1. The highest BCUT2D eigenvalue weighted by Crippen LogP contribution is 2.28. The zero-order valence-electron chi connectivity index (χ0n) is 9.23. The predicted molar refractivity (Wildman–Crippen MR) is 58.6 cm³/mol. The largest absolute Gasteiger partial charge is 0.573 e. The zero-order chi connectivity index (χ0) is 14.2. The molecule has 2 rings (SSSR count). The van der Waals surface area contributed by atoms with Crippen molar-refractivity contribution in [1.29, 1.82) is 0 Å². The highest BCUT2D eigenvalue weighted by Gasteiger charge is 2.31. The van der Waals surface area contributed by atoms with Gasteiger partial charge in [-0.05, 0) is 24.3 Å². The van der Waals surface area contributed by atoms with Crippen molar-refractivity contribution in [3.05, 3.63) is 30.0 Å². The lowest BCUT2D eigenvalue weighted by Gasteiger charge is -2.09. The molecule has 100 valence electrons. The average Bonchev–Trinajstić information content (AvgIpc) is 2.25. The van der Waals surface area contributed by atoms with E-state index in [2.05, 4.69) is 9.72 Å². The fraction of sp³-hybridized carbons (Fsp3) is 0.0909. The minimum atomic E-state index is -4.81. The summed E-state index contributed by atoms with van der Waals surface area (Å²) in [6.45, 7) is 0. The van der Waals surface area contributed by atoms with Gasteiger partial charge in [0.15, 0.2) is 5.69 Å². The molecule has 19 heavy (non-hydrogen) atoms. The number of aromatic hydroxyl groups is 1. The fourth-order valence-corrected chi connectivity index (χ4v) is 1.52. The second-order valence-corrected chi connectivity index (χ2v) is 3.62. The van der Waals surface area contributed by atoms with E-state index in [1.165, 1.54) is 6.07 Å². The van der Waals surface area contributed by atoms with Gasteiger partial charge in [-0.2, -0.15) is 0 Å². The average molecular weight is 272 g/mol. The van der Waals surface area contributed by atoms with Gasteiger partial charge >= 0.3 is 6.36 Å². The van der Waals surface area contributed by atoms with Crippen molar-refractivity contribution in [2.45, 2.75) is 6.36 Å². The third-order valence-electron chi connectivity index (χ3n) is 2.23. The number of rotatable bonds is 2. The van der Waals surface area contributed by atoms with E-state index in [0.717, 1.165) is 18.2 Å². The van der Waals surface area contributed by atoms with Crippen LogP contribution in [0.15, 0.2) is 24.3 Å². The molecule has 0 unspecified atom stereocenters. The third-order valence-corrected chi connectivity index (χ3v) is 2.23. The Hall–Kier alpha value is -2.51. The second-order valence-electron chi connectivity index (χ2n) is 3.62. The molecular formula is C11H7F3N2O3. The molecule has 0 aliphatic rings. The first-order valence-electron chi connectivity index (χ1n) is 4.95. The number of benzene rings is 1. The van der Waals surface area contributed by atoms with E-state index in [9.17, 15) is 23.1 Å². The highest BCUT2D eigenvalue weighted by molar-refractivity contribution is 5.96. The quantitative estimate of drug-likeness (QED) is 0.874. The first-order valence-corrected chi connectivity index (χ1v) is 4.95. The van der Waals surface area contributed by atoms with Crippen LogP contribution in [-0.2, 0) is 0 Å². The van der Waals surface area contributed by atoms with Crippen LogP contribution in [0.4, 0.5) is 13.2 Å². The van der Waals surface area contributed by atoms with Crippen LogP contribution < -0.4 is 10.5 Å². The smallest absolute Gasteiger partial charge is 0.505 e. The van der Waals surface area contributed by atoms with Crippen LogP contribution in [0.1, 0.15) is 10.5 Å². The molecule has 8 heteroatoms. The lowest BCUT2D eigenvalue weighted by molar-refractivity contribution is -0.274. The molecule has 1 aromatic carbocycles. The number of carbonyl (C=O) groups is 1. The summed E-state index contributed by atoms with van der Waals surface area (Å²) in [5, 5.41) is 9.66. The van der Waals surface area contributed by atoms with Crippen molar-refractivity contribution < 1.29 is 27.8 Å². The molecule has 1 aromatic heterocycles. The molecule has 0 spiro atoms. The topological polar surface area (TPSA) is 85.4 Å². The predicted octanol–water partition coefficient (Wildman–Crippen LogP) is 1.94. The minimum Gasteiger partial charge on any atom is -0.505 e. The highest BCUT2D eigenvalue weighted by atomic mass is 19.4. The molecule has 1 heterocycles. The number of ether oxygens (including phenoxy) is 1. The van der Waals surface area contributed by atoms with Gasteiger partial charge in [0.05, 0.1) is 5.52 Å². The number of halogens is 3. The normalized spacial score (nSPS) is 11.5. The number of pyridine rings is 1. The van der Waals surface area contributed by atoms with E-state index < -0.39 is 23.8 Å². The Bertz CT molecular complexity index is 655. The van der Waals surface area contributed by atoms with Crippen molar-refractivity contribution in [3.8, 4) is 11.5 Å². The molecular weight excluding hydrogens is 265 g/mol. The maximum atomic E-state index is 12.0. The number of nitrogens with two attached hydrogens (primary N) is 1. The van der Waals surface area contributed by atoms with Crippen LogP contribution in [0.25, 0.3) is 10.9 Å². The summed E-state index contributed by atoms with van der Waals surface area (Å²) in [5.74, 6) is -1.90. The van der Waals surface area contributed by atoms with Gasteiger partial charge in [0.2, 0.25) is 0 Å². The van der Waals surface area contributed by atoms with Crippen LogP contribution in [-0.4, -0.2) is 22.4 Å². The standard InChI is InChI=1S/C11H7F3N2O3/c12-11(13,14)19-6-1-2-7-5(3-6)4-8(17)9(16-7)10(15)18/h1-4,17H,(H2,15,18). The van der Waals surface area contributed by atoms with Gasteiger partial charge in [-0.1, -0.05) is 0 Å². The van der Waals surface area contributed by atoms with Crippen LogP contribution in [0.5, 0.6) is 11.5 Å². The second kappa shape index (κ2) is 4.30. The maximum Gasteiger partial charge on any atom is 0.573 e. The van der Waals surface area contributed by atoms with Gasteiger partial charge in [0.1, 0.15) is 11.5 Å². The Balaban J connectivity index is 2.50. The van der Waals surface area contributed by atoms with Gasteiger partial charge in [0, 0.05) is 5.39 Å². The van der Waals surface area contributed by atoms with Crippen molar-refractivity contribution >= 4 is 16.8 Å². The number of fused-ring (bicyclic) bond motifs is 1. The van der Waals surface area contributed by atoms with Crippen molar-refractivity contribution in [2.75, 3.05) is 0 Å². The van der Waals surface area contributed by atoms with E-state index in [-0.39, 0.29) is 16.6 Å².